The SMILES string of the molecule is NC1=NC2=[N+](CCC(CO)CO)C=NC2C(=O)N1. The van der Waals surface area contributed by atoms with Crippen LogP contribution in [0.25, 0.3) is 0 Å². The van der Waals surface area contributed by atoms with Crippen molar-refractivity contribution in [2.24, 2.45) is 21.6 Å². The van der Waals surface area contributed by atoms with Crippen LogP contribution in [0.3, 0.4) is 0 Å². The normalized spacial score (nSPS) is 22.3. The molecule has 5 N–H and O–H groups in total. The topological polar surface area (TPSA) is 123 Å². The van der Waals surface area contributed by atoms with E-state index in [2.05, 4.69) is 15.3 Å². The fourth-order valence-corrected chi connectivity index (χ4v) is 1.82. The predicted molar refractivity (Wildman–Crippen MR) is 64.5 cm³/mol. The van der Waals surface area contributed by atoms with Crippen LogP contribution < -0.4 is 11.1 Å². The number of aliphatic hydroxyl groups is 2. The van der Waals surface area contributed by atoms with Crippen LogP contribution in [-0.4, -0.2) is 64.6 Å². The summed E-state index contributed by atoms with van der Waals surface area (Å²) in [4.78, 5) is 19.7. The first-order chi connectivity index (χ1) is 8.65. The summed E-state index contributed by atoms with van der Waals surface area (Å²) in [5, 5.41) is 20.4. The lowest BCUT2D eigenvalue weighted by molar-refractivity contribution is -0.399. The van der Waals surface area contributed by atoms with Crippen molar-refractivity contribution < 1.29 is 19.6 Å². The first-order valence-corrected chi connectivity index (χ1v) is 5.69. The maximum atomic E-state index is 11.6. The highest BCUT2D eigenvalue weighted by atomic mass is 16.3. The zero-order chi connectivity index (χ0) is 13.1. The zero-order valence-electron chi connectivity index (χ0n) is 9.78. The van der Waals surface area contributed by atoms with Crippen LogP contribution in [0.1, 0.15) is 6.42 Å². The van der Waals surface area contributed by atoms with Crippen molar-refractivity contribution in [2.75, 3.05) is 19.8 Å². The summed E-state index contributed by atoms with van der Waals surface area (Å²) in [5.41, 5.74) is 5.49. The number of nitrogens with zero attached hydrogens (tertiary/aromatic N) is 3. The third-order valence-electron chi connectivity index (χ3n) is 2.92. The molecule has 0 fully saturated rings. The summed E-state index contributed by atoms with van der Waals surface area (Å²) in [6.07, 6.45) is 2.11. The highest BCUT2D eigenvalue weighted by Gasteiger charge is 2.41. The molecule has 2 rings (SSSR count). The van der Waals surface area contributed by atoms with Gasteiger partial charge in [0.2, 0.25) is 6.34 Å². The highest BCUT2D eigenvalue weighted by molar-refractivity contribution is 6.19. The number of carbonyl (C=O) groups is 1. The van der Waals surface area contributed by atoms with Gasteiger partial charge in [0, 0.05) is 19.1 Å². The lowest BCUT2D eigenvalue weighted by Crippen LogP contribution is -2.50. The molecule has 2 heterocycles. The van der Waals surface area contributed by atoms with Gasteiger partial charge in [-0.05, 0) is 6.42 Å². The predicted octanol–water partition coefficient (Wildman–Crippen LogP) is -2.76. The molecule has 0 aromatic heterocycles. The van der Waals surface area contributed by atoms with Gasteiger partial charge >= 0.3 is 0 Å². The Morgan fingerprint density at radius 2 is 2.22 bits per heavy atom. The number of nitrogens with two attached hydrogens (primary N) is 1. The van der Waals surface area contributed by atoms with Gasteiger partial charge < -0.3 is 15.9 Å². The van der Waals surface area contributed by atoms with E-state index < -0.39 is 6.04 Å². The third kappa shape index (κ3) is 2.39. The standard InChI is InChI=1S/C10H15N5O3/c11-10-13-8-7(9(18)14-10)12-5-15(8)2-1-6(3-16)4-17/h5-7,16-17H,1-4H2,(H2,11,14,18)/p+1. The molecule has 0 spiro atoms. The van der Waals surface area contributed by atoms with Crippen LogP contribution in [0, 0.1) is 5.92 Å². The lowest BCUT2D eigenvalue weighted by atomic mass is 10.1. The Morgan fingerprint density at radius 1 is 1.50 bits per heavy atom. The zero-order valence-corrected chi connectivity index (χ0v) is 9.78. The summed E-state index contributed by atoms with van der Waals surface area (Å²) in [6.45, 7) is 0.365. The van der Waals surface area contributed by atoms with Crippen LogP contribution in [-0.2, 0) is 4.79 Å². The van der Waals surface area contributed by atoms with Gasteiger partial charge in [-0.25, -0.2) is 4.58 Å². The van der Waals surface area contributed by atoms with E-state index in [1.165, 1.54) is 6.34 Å². The van der Waals surface area contributed by atoms with Gasteiger partial charge in [0.05, 0.1) is 6.54 Å². The monoisotopic (exact) mass is 254 g/mol. The number of aliphatic imine (C=N–C) groups is 2. The number of rotatable bonds is 5. The summed E-state index contributed by atoms with van der Waals surface area (Å²) in [5.74, 6) is 0.0717. The minimum atomic E-state index is -0.640. The molecule has 8 nitrogen and oxygen atoms in total. The second-order valence-corrected chi connectivity index (χ2v) is 4.22. The van der Waals surface area contributed by atoms with E-state index in [9.17, 15) is 4.79 Å². The summed E-state index contributed by atoms with van der Waals surface area (Å²) in [6, 6.07) is -0.640. The molecule has 1 amide bonds. The van der Waals surface area contributed by atoms with Gasteiger partial charge in [-0.15, -0.1) is 4.99 Å². The molecule has 0 radical (unpaired) electrons. The van der Waals surface area contributed by atoms with Crippen LogP contribution in [0.2, 0.25) is 0 Å². The summed E-state index contributed by atoms with van der Waals surface area (Å²) >= 11 is 0. The van der Waals surface area contributed by atoms with Crippen molar-refractivity contribution in [3.05, 3.63) is 0 Å². The molecule has 0 aromatic rings. The highest BCUT2D eigenvalue weighted by Crippen LogP contribution is 2.09. The van der Waals surface area contributed by atoms with Crippen LogP contribution >= 0.6 is 0 Å². The number of aliphatic hydroxyl groups excluding tert-OH is 2. The van der Waals surface area contributed by atoms with Gasteiger partial charge in [-0.2, -0.15) is 0 Å². The van der Waals surface area contributed by atoms with Crippen LogP contribution in [0.5, 0.6) is 0 Å². The first-order valence-electron chi connectivity index (χ1n) is 5.69. The third-order valence-corrected chi connectivity index (χ3v) is 2.92. The van der Waals surface area contributed by atoms with Gasteiger partial charge in [0.15, 0.2) is 0 Å². The Balaban J connectivity index is 2.10. The molecule has 2 aliphatic heterocycles. The Bertz CT molecular complexity index is 439. The smallest absolute Gasteiger partial charge is 0.293 e. The molecule has 0 aromatic carbocycles. The molecular weight excluding hydrogens is 238 g/mol. The average molecular weight is 254 g/mol. The van der Waals surface area contributed by atoms with E-state index in [0.717, 1.165) is 0 Å². The van der Waals surface area contributed by atoms with Gasteiger partial charge in [-0.1, -0.05) is 4.99 Å². The van der Waals surface area contributed by atoms with Crippen LogP contribution in [0.4, 0.5) is 0 Å². The van der Waals surface area contributed by atoms with Gasteiger partial charge in [0.1, 0.15) is 0 Å². The van der Waals surface area contributed by atoms with Crippen molar-refractivity contribution in [3.8, 4) is 0 Å². The molecule has 8 heteroatoms. The van der Waals surface area contributed by atoms with Crippen molar-refractivity contribution in [1.29, 1.82) is 0 Å². The van der Waals surface area contributed by atoms with E-state index in [-0.39, 0.29) is 31.0 Å². The van der Waals surface area contributed by atoms with E-state index in [0.29, 0.717) is 18.8 Å². The van der Waals surface area contributed by atoms with E-state index in [1.807, 2.05) is 0 Å². The molecule has 0 saturated heterocycles. The number of amidine groups is 1. The van der Waals surface area contributed by atoms with Crippen molar-refractivity contribution in [3.63, 3.8) is 0 Å². The van der Waals surface area contributed by atoms with Gasteiger partial charge in [0.25, 0.3) is 23.7 Å². The van der Waals surface area contributed by atoms with E-state index >= 15 is 0 Å². The molecule has 18 heavy (non-hydrogen) atoms. The Labute approximate surface area is 104 Å². The first kappa shape index (κ1) is 12.7. The number of hydrogen-bond acceptors (Lipinski definition) is 6. The fraction of sp³-hybridized carbons (Fsp3) is 0.600. The number of amides is 1. The minimum absolute atomic E-state index is 0.0580. The molecule has 0 aliphatic carbocycles. The average Bonchev–Trinajstić information content (AvgIpc) is 2.74. The number of hydrogen-bond donors (Lipinski definition) is 4. The second kappa shape index (κ2) is 5.23. The quantitative estimate of drug-likeness (QED) is 0.397. The number of nitrogens with one attached hydrogen (secondary N) is 1. The molecule has 0 bridgehead atoms. The lowest BCUT2D eigenvalue weighted by Gasteiger charge is -2.12. The molecule has 1 unspecified atom stereocenters. The van der Waals surface area contributed by atoms with Crippen molar-refractivity contribution in [1.82, 2.24) is 5.32 Å². The number of fused-ring (bicyclic) bond motifs is 1. The maximum Gasteiger partial charge on any atom is 0.293 e. The Morgan fingerprint density at radius 3 is 2.89 bits per heavy atom. The maximum absolute atomic E-state index is 11.6. The van der Waals surface area contributed by atoms with Crippen molar-refractivity contribution >= 4 is 24.0 Å². The molecule has 0 saturated carbocycles. The minimum Gasteiger partial charge on any atom is -0.396 e. The Kier molecular flexibility index (Phi) is 3.68. The van der Waals surface area contributed by atoms with Crippen molar-refractivity contribution in [2.45, 2.75) is 12.5 Å². The number of guanidine groups is 1. The largest absolute Gasteiger partial charge is 0.396 e. The summed E-state index contributed by atoms with van der Waals surface area (Å²) in [7, 11) is 0. The summed E-state index contributed by atoms with van der Waals surface area (Å²) < 4.78 is 1.72. The molecule has 98 valence electrons. The Hall–Kier alpha value is -1.80. The van der Waals surface area contributed by atoms with Crippen LogP contribution in [0.15, 0.2) is 9.98 Å². The fourth-order valence-electron chi connectivity index (χ4n) is 1.82. The van der Waals surface area contributed by atoms with E-state index in [4.69, 9.17) is 15.9 Å². The van der Waals surface area contributed by atoms with E-state index in [1.54, 1.807) is 4.58 Å². The second-order valence-electron chi connectivity index (χ2n) is 4.22. The molecule has 2 aliphatic rings. The molecule has 1 atom stereocenters. The van der Waals surface area contributed by atoms with Gasteiger partial charge in [-0.3, -0.25) is 10.1 Å². The molecular formula is C10H16N5O3+. The number of carbonyl (C=O) groups excluding carboxylic acids is 1.